The Morgan fingerprint density at radius 1 is 1.38 bits per heavy atom. The van der Waals surface area contributed by atoms with Crippen molar-refractivity contribution in [2.45, 2.75) is 57.4 Å². The molecule has 1 aliphatic heterocycles. The van der Waals surface area contributed by atoms with Crippen molar-refractivity contribution in [2.75, 3.05) is 26.2 Å². The average Bonchev–Trinajstić information content (AvgIpc) is 2.55. The Labute approximate surface area is 147 Å². The molecule has 0 aromatic carbocycles. The lowest BCUT2D eigenvalue weighted by molar-refractivity contribution is -0.158. The zero-order valence-corrected chi connectivity index (χ0v) is 15.3. The van der Waals surface area contributed by atoms with Gasteiger partial charge in [0.15, 0.2) is 5.17 Å². The zero-order valence-electron chi connectivity index (χ0n) is 14.5. The third-order valence-corrected chi connectivity index (χ3v) is 4.66. The predicted molar refractivity (Wildman–Crippen MR) is 93.2 cm³/mol. The van der Waals surface area contributed by atoms with Crippen LogP contribution in [-0.4, -0.2) is 76.4 Å². The summed E-state index contributed by atoms with van der Waals surface area (Å²) in [6.45, 7) is 7.32. The number of hydrogen-bond donors (Lipinski definition) is 4. The average molecular weight is 363 g/mol. The van der Waals surface area contributed by atoms with Gasteiger partial charge in [-0.05, 0) is 20.3 Å². The molecule has 9 heteroatoms. The second-order valence-electron chi connectivity index (χ2n) is 5.52. The summed E-state index contributed by atoms with van der Waals surface area (Å²) in [6.07, 6.45) is -2.28. The fourth-order valence-corrected chi connectivity index (χ4v) is 3.21. The molecule has 0 aromatic rings. The first-order valence-electron chi connectivity index (χ1n) is 8.35. The Bertz CT molecular complexity index is 409. The number of thioether (sulfide) groups is 1. The number of nitrogens with one attached hydrogen (secondary N) is 2. The largest absolute Gasteiger partial charge is 0.447 e. The van der Waals surface area contributed by atoms with Gasteiger partial charge in [-0.2, -0.15) is 0 Å². The van der Waals surface area contributed by atoms with Crippen LogP contribution < -0.4 is 5.32 Å². The molecule has 0 unspecified atom stereocenters. The number of carbonyl (C=O) groups is 1. The lowest BCUT2D eigenvalue weighted by Crippen LogP contribution is -2.50. The number of nitrogens with zero attached hydrogens (tertiary/aromatic N) is 1. The van der Waals surface area contributed by atoms with E-state index in [1.165, 1.54) is 4.90 Å². The van der Waals surface area contributed by atoms with Crippen LogP contribution in [0, 0.1) is 5.41 Å². The lowest BCUT2D eigenvalue weighted by atomic mass is 10.0. The topological polar surface area (TPSA) is 115 Å². The van der Waals surface area contributed by atoms with Gasteiger partial charge in [-0.3, -0.25) is 5.41 Å². The lowest BCUT2D eigenvalue weighted by Gasteiger charge is -2.36. The normalized spacial score (nSPS) is 26.7. The fourth-order valence-electron chi connectivity index (χ4n) is 2.27. The highest BCUT2D eigenvalue weighted by Crippen LogP contribution is 2.28. The van der Waals surface area contributed by atoms with E-state index in [9.17, 15) is 15.0 Å². The number of ether oxygens (including phenoxy) is 2. The quantitative estimate of drug-likeness (QED) is 0.393. The Hall–Kier alpha value is -1.03. The Morgan fingerprint density at radius 2 is 2.04 bits per heavy atom. The summed E-state index contributed by atoms with van der Waals surface area (Å²) in [5, 5.41) is 31.0. The van der Waals surface area contributed by atoms with E-state index in [2.05, 4.69) is 5.32 Å². The first-order valence-corrected chi connectivity index (χ1v) is 9.23. The molecule has 1 aliphatic rings. The number of amidine groups is 1. The van der Waals surface area contributed by atoms with Crippen molar-refractivity contribution < 1.29 is 24.5 Å². The zero-order chi connectivity index (χ0) is 18.1. The van der Waals surface area contributed by atoms with Gasteiger partial charge in [0.2, 0.25) is 0 Å². The molecular weight excluding hydrogens is 334 g/mol. The third-order valence-electron chi connectivity index (χ3n) is 3.71. The van der Waals surface area contributed by atoms with E-state index >= 15 is 0 Å². The Balaban J connectivity index is 2.53. The smallest absolute Gasteiger partial charge is 0.409 e. The minimum Gasteiger partial charge on any atom is -0.447 e. The van der Waals surface area contributed by atoms with E-state index in [4.69, 9.17) is 14.9 Å². The third kappa shape index (κ3) is 6.46. The molecule has 1 fully saturated rings. The van der Waals surface area contributed by atoms with E-state index in [1.807, 2.05) is 20.8 Å². The summed E-state index contributed by atoms with van der Waals surface area (Å²) < 4.78 is 10.9. The van der Waals surface area contributed by atoms with E-state index < -0.39 is 29.8 Å². The second kappa shape index (κ2) is 10.8. The molecule has 0 radical (unpaired) electrons. The van der Waals surface area contributed by atoms with E-state index in [0.29, 0.717) is 19.6 Å². The van der Waals surface area contributed by atoms with Crippen LogP contribution in [0.25, 0.3) is 0 Å². The molecule has 1 heterocycles. The maximum atomic E-state index is 11.9. The summed E-state index contributed by atoms with van der Waals surface area (Å²) >= 11 is 1.15. The van der Waals surface area contributed by atoms with Crippen molar-refractivity contribution in [1.82, 2.24) is 10.2 Å². The highest BCUT2D eigenvalue weighted by Gasteiger charge is 2.38. The van der Waals surface area contributed by atoms with Crippen molar-refractivity contribution in [2.24, 2.45) is 0 Å². The molecule has 0 bridgehead atoms. The van der Waals surface area contributed by atoms with Crippen molar-refractivity contribution in [1.29, 1.82) is 5.41 Å². The Kier molecular flexibility index (Phi) is 9.42. The Morgan fingerprint density at radius 3 is 2.62 bits per heavy atom. The summed E-state index contributed by atoms with van der Waals surface area (Å²) in [5.41, 5.74) is -0.475. The van der Waals surface area contributed by atoms with Gasteiger partial charge in [-0.15, -0.1) is 0 Å². The fraction of sp³-hybridized carbons (Fsp3) is 0.867. The van der Waals surface area contributed by atoms with Gasteiger partial charge in [0, 0.05) is 26.1 Å². The number of amides is 1. The van der Waals surface area contributed by atoms with Gasteiger partial charge >= 0.3 is 6.09 Å². The molecule has 1 rings (SSSR count). The van der Waals surface area contributed by atoms with Crippen LogP contribution in [0.4, 0.5) is 4.79 Å². The minimum absolute atomic E-state index is 0.139. The van der Waals surface area contributed by atoms with Crippen LogP contribution in [0.15, 0.2) is 0 Å². The molecular formula is C15H29N3O5S. The van der Waals surface area contributed by atoms with Crippen LogP contribution in [0.2, 0.25) is 0 Å². The number of carbonyl (C=O) groups excluding carboxylic acids is 1. The number of hydrogen-bond acceptors (Lipinski definition) is 7. The molecule has 0 spiro atoms. The second-order valence-corrected chi connectivity index (χ2v) is 6.69. The maximum Gasteiger partial charge on any atom is 0.409 e. The molecule has 0 aromatic heterocycles. The molecule has 24 heavy (non-hydrogen) atoms. The van der Waals surface area contributed by atoms with Crippen LogP contribution in [-0.2, 0) is 9.47 Å². The van der Waals surface area contributed by atoms with Crippen LogP contribution in [0.1, 0.15) is 33.6 Å². The van der Waals surface area contributed by atoms with E-state index in [0.717, 1.165) is 18.2 Å². The number of aliphatic hydroxyl groups is 2. The highest BCUT2D eigenvalue weighted by molar-refractivity contribution is 8.14. The predicted octanol–water partition coefficient (Wildman–Crippen LogP) is 0.969. The number of rotatable bonds is 7. The first-order chi connectivity index (χ1) is 11.4. The van der Waals surface area contributed by atoms with Gasteiger partial charge in [-0.1, -0.05) is 18.7 Å². The maximum absolute atomic E-state index is 11.9. The molecule has 8 nitrogen and oxygen atoms in total. The molecule has 0 saturated carbocycles. The van der Waals surface area contributed by atoms with E-state index in [-0.39, 0.29) is 18.2 Å². The summed E-state index contributed by atoms with van der Waals surface area (Å²) in [5.74, 6) is 0. The molecule has 0 aliphatic carbocycles. The van der Waals surface area contributed by atoms with Gasteiger partial charge in [-0.25, -0.2) is 4.79 Å². The standard InChI is InChI=1S/C15H29N3O5S/c1-4-7-17-14(16)24-12-8-10(19)13(20)11(23-12)9-22-15(21)18(5-2)6-3/h10-13,19-20H,4-9H2,1-3H3,(H2,16,17)/t10-,11-,12-,13+/m1/s1. The highest BCUT2D eigenvalue weighted by atomic mass is 32.2. The summed E-state index contributed by atoms with van der Waals surface area (Å²) in [6, 6.07) is 0. The minimum atomic E-state index is -1.12. The van der Waals surface area contributed by atoms with E-state index in [1.54, 1.807) is 0 Å². The van der Waals surface area contributed by atoms with Crippen molar-refractivity contribution >= 4 is 23.0 Å². The van der Waals surface area contributed by atoms with Crippen molar-refractivity contribution in [3.8, 4) is 0 Å². The summed E-state index contributed by atoms with van der Waals surface area (Å²) in [7, 11) is 0. The van der Waals surface area contributed by atoms with Gasteiger partial charge in [0.05, 0.1) is 6.10 Å². The number of aliphatic hydroxyl groups excluding tert-OH is 2. The van der Waals surface area contributed by atoms with Gasteiger partial charge in [0.25, 0.3) is 0 Å². The molecule has 4 N–H and O–H groups in total. The summed E-state index contributed by atoms with van der Waals surface area (Å²) in [4.78, 5) is 13.4. The first kappa shape index (κ1) is 21.0. The van der Waals surface area contributed by atoms with Crippen LogP contribution in [0.5, 0.6) is 0 Å². The van der Waals surface area contributed by atoms with Gasteiger partial charge < -0.3 is 29.9 Å². The molecule has 4 atom stereocenters. The molecule has 140 valence electrons. The molecule has 1 amide bonds. The van der Waals surface area contributed by atoms with Crippen LogP contribution in [0.3, 0.4) is 0 Å². The van der Waals surface area contributed by atoms with Crippen LogP contribution >= 0.6 is 11.8 Å². The monoisotopic (exact) mass is 363 g/mol. The van der Waals surface area contributed by atoms with Crippen molar-refractivity contribution in [3.05, 3.63) is 0 Å². The van der Waals surface area contributed by atoms with Crippen molar-refractivity contribution in [3.63, 3.8) is 0 Å². The SMILES string of the molecule is CCCNC(=N)S[C@@H]1C[C@@H](O)[C@H](O)[C@@H](COC(=O)N(CC)CC)O1. The molecule has 1 saturated heterocycles. The van der Waals surface area contributed by atoms with Gasteiger partial charge in [0.1, 0.15) is 24.3 Å².